The lowest BCUT2D eigenvalue weighted by molar-refractivity contribution is -0.0721. The number of hydrogen-bond acceptors (Lipinski definition) is 4. The maximum atomic E-state index is 6.11. The summed E-state index contributed by atoms with van der Waals surface area (Å²) in [4.78, 5) is 7.16. The second-order valence-electron chi connectivity index (χ2n) is 6.59. The first-order chi connectivity index (χ1) is 11.8. The summed E-state index contributed by atoms with van der Waals surface area (Å²) < 4.78 is 11.9. The fourth-order valence-corrected chi connectivity index (χ4v) is 3.65. The molecule has 0 aromatic carbocycles. The molecule has 0 amide bonds. The average Bonchev–Trinajstić information content (AvgIpc) is 2.64. The van der Waals surface area contributed by atoms with Crippen molar-refractivity contribution in [3.8, 4) is 0 Å². The molecule has 1 atom stereocenters. The van der Waals surface area contributed by atoms with Crippen LogP contribution in [0, 0.1) is 0 Å². The molecule has 2 saturated heterocycles. The van der Waals surface area contributed by atoms with Crippen LogP contribution in [0.3, 0.4) is 0 Å². The molecule has 148 valence electrons. The number of halogens is 1. The van der Waals surface area contributed by atoms with Crippen LogP contribution in [0.4, 0.5) is 0 Å². The number of hydrogen-bond donors (Lipinski definition) is 1. The highest BCUT2D eigenvalue weighted by molar-refractivity contribution is 14.0. The Hall–Kier alpha value is 0.270. The first-order valence-electron chi connectivity index (χ1n) is 9.59. The Balaban J connectivity index is 0.00000312. The van der Waals surface area contributed by atoms with Crippen LogP contribution in [0.2, 0.25) is 0 Å². The second kappa shape index (κ2) is 14.3. The van der Waals surface area contributed by atoms with Gasteiger partial charge in [0.05, 0.1) is 18.8 Å². The van der Waals surface area contributed by atoms with Gasteiger partial charge in [-0.3, -0.25) is 4.99 Å². The number of rotatable bonds is 8. The van der Waals surface area contributed by atoms with Crippen LogP contribution >= 0.6 is 35.7 Å². The van der Waals surface area contributed by atoms with E-state index in [9.17, 15) is 0 Å². The van der Waals surface area contributed by atoms with Gasteiger partial charge >= 0.3 is 0 Å². The SMILES string of the molecule is CCNC(=NCCCSC)N1CCC(OCC2CCCCO2)CC1.I. The minimum Gasteiger partial charge on any atom is -0.376 e. The number of aliphatic imine (C=N–C) groups is 1. The van der Waals surface area contributed by atoms with E-state index in [4.69, 9.17) is 14.5 Å². The average molecular weight is 485 g/mol. The smallest absolute Gasteiger partial charge is 0.193 e. The molecule has 7 heteroatoms. The summed E-state index contributed by atoms with van der Waals surface area (Å²) in [6, 6.07) is 0. The van der Waals surface area contributed by atoms with Gasteiger partial charge in [-0.15, -0.1) is 24.0 Å². The topological polar surface area (TPSA) is 46.1 Å². The van der Waals surface area contributed by atoms with E-state index >= 15 is 0 Å². The molecule has 2 fully saturated rings. The molecule has 0 aromatic rings. The predicted molar refractivity (Wildman–Crippen MR) is 119 cm³/mol. The van der Waals surface area contributed by atoms with Crippen molar-refractivity contribution in [3.63, 3.8) is 0 Å². The van der Waals surface area contributed by atoms with Gasteiger partial charge in [0.15, 0.2) is 5.96 Å². The van der Waals surface area contributed by atoms with Crippen molar-refractivity contribution in [2.24, 2.45) is 4.99 Å². The highest BCUT2D eigenvalue weighted by Gasteiger charge is 2.23. The normalized spacial score (nSPS) is 22.6. The lowest BCUT2D eigenvalue weighted by atomic mass is 10.1. The Bertz CT molecular complexity index is 360. The number of likely N-dealkylation sites (tertiary alicyclic amines) is 1. The third-order valence-corrected chi connectivity index (χ3v) is 5.33. The van der Waals surface area contributed by atoms with Gasteiger partial charge in [-0.25, -0.2) is 0 Å². The van der Waals surface area contributed by atoms with E-state index in [0.717, 1.165) is 71.0 Å². The maximum absolute atomic E-state index is 6.11. The molecule has 0 spiro atoms. The molecule has 2 aliphatic rings. The number of ether oxygens (including phenoxy) is 2. The van der Waals surface area contributed by atoms with Gasteiger partial charge in [0.25, 0.3) is 0 Å². The van der Waals surface area contributed by atoms with Crippen molar-refractivity contribution in [2.45, 2.75) is 57.7 Å². The molecule has 0 saturated carbocycles. The molecule has 2 rings (SSSR count). The molecule has 0 aliphatic carbocycles. The molecule has 1 unspecified atom stereocenters. The van der Waals surface area contributed by atoms with E-state index in [1.165, 1.54) is 18.6 Å². The summed E-state index contributed by atoms with van der Waals surface area (Å²) in [6.45, 7) is 7.72. The third kappa shape index (κ3) is 9.15. The maximum Gasteiger partial charge on any atom is 0.193 e. The summed E-state index contributed by atoms with van der Waals surface area (Å²) in [5.41, 5.74) is 0. The third-order valence-electron chi connectivity index (χ3n) is 4.64. The number of piperidine rings is 1. The molecular weight excluding hydrogens is 449 g/mol. The Morgan fingerprint density at radius 1 is 1.28 bits per heavy atom. The van der Waals surface area contributed by atoms with E-state index in [1.54, 1.807) is 0 Å². The standard InChI is InChI=1S/C18H35N3O2S.HI/c1-3-19-18(20-10-6-14-24-2)21-11-8-16(9-12-21)23-15-17-7-4-5-13-22-17;/h16-17H,3-15H2,1-2H3,(H,19,20);1H. The molecular formula is C18H36IN3O2S. The van der Waals surface area contributed by atoms with Crippen LogP contribution in [0.15, 0.2) is 4.99 Å². The summed E-state index contributed by atoms with van der Waals surface area (Å²) >= 11 is 1.89. The molecule has 1 N–H and O–H groups in total. The summed E-state index contributed by atoms with van der Waals surface area (Å²) in [5, 5.41) is 3.44. The quantitative estimate of drug-likeness (QED) is 0.247. The van der Waals surface area contributed by atoms with Crippen LogP contribution < -0.4 is 5.32 Å². The Labute approximate surface area is 175 Å². The summed E-state index contributed by atoms with van der Waals surface area (Å²) in [7, 11) is 0. The van der Waals surface area contributed by atoms with Crippen molar-refractivity contribution in [1.29, 1.82) is 0 Å². The van der Waals surface area contributed by atoms with E-state index in [2.05, 4.69) is 23.4 Å². The van der Waals surface area contributed by atoms with E-state index < -0.39 is 0 Å². The second-order valence-corrected chi connectivity index (χ2v) is 7.58. The van der Waals surface area contributed by atoms with E-state index in [-0.39, 0.29) is 24.0 Å². The summed E-state index contributed by atoms with van der Waals surface area (Å²) in [6.07, 6.45) is 9.83. The minimum absolute atomic E-state index is 0. The molecule has 0 radical (unpaired) electrons. The fraction of sp³-hybridized carbons (Fsp3) is 0.944. The van der Waals surface area contributed by atoms with Crippen LogP contribution in [-0.4, -0.2) is 74.5 Å². The van der Waals surface area contributed by atoms with Crippen LogP contribution in [0.1, 0.15) is 45.4 Å². The van der Waals surface area contributed by atoms with E-state index in [0.29, 0.717) is 12.2 Å². The predicted octanol–water partition coefficient (Wildman–Crippen LogP) is 3.37. The molecule has 25 heavy (non-hydrogen) atoms. The van der Waals surface area contributed by atoms with Crippen molar-refractivity contribution in [3.05, 3.63) is 0 Å². The summed E-state index contributed by atoms with van der Waals surface area (Å²) in [5.74, 6) is 2.26. The van der Waals surface area contributed by atoms with Crippen molar-refractivity contribution in [2.75, 3.05) is 51.4 Å². The monoisotopic (exact) mass is 485 g/mol. The van der Waals surface area contributed by atoms with Crippen LogP contribution in [0.25, 0.3) is 0 Å². The number of nitrogens with zero attached hydrogens (tertiary/aromatic N) is 2. The Morgan fingerprint density at radius 3 is 2.72 bits per heavy atom. The van der Waals surface area contributed by atoms with Gasteiger partial charge in [-0.2, -0.15) is 11.8 Å². The first-order valence-corrected chi connectivity index (χ1v) is 11.0. The number of thioether (sulfide) groups is 1. The lowest BCUT2D eigenvalue weighted by Gasteiger charge is -2.35. The first kappa shape index (κ1) is 23.3. The van der Waals surface area contributed by atoms with Crippen LogP contribution in [-0.2, 0) is 9.47 Å². The zero-order valence-corrected chi connectivity index (χ0v) is 19.0. The lowest BCUT2D eigenvalue weighted by Crippen LogP contribution is -2.47. The van der Waals surface area contributed by atoms with E-state index in [1.807, 2.05) is 11.8 Å². The van der Waals surface area contributed by atoms with Crippen molar-refractivity contribution in [1.82, 2.24) is 10.2 Å². The van der Waals surface area contributed by atoms with Gasteiger partial charge in [-0.05, 0) is 57.5 Å². The number of guanidine groups is 1. The Kier molecular flexibility index (Phi) is 13.4. The van der Waals surface area contributed by atoms with Crippen molar-refractivity contribution < 1.29 is 9.47 Å². The molecule has 0 bridgehead atoms. The fourth-order valence-electron chi connectivity index (χ4n) is 3.24. The van der Waals surface area contributed by atoms with Gasteiger partial charge in [0, 0.05) is 32.8 Å². The molecule has 2 heterocycles. The van der Waals surface area contributed by atoms with Crippen molar-refractivity contribution >= 4 is 41.7 Å². The zero-order valence-electron chi connectivity index (χ0n) is 15.9. The van der Waals surface area contributed by atoms with Gasteiger partial charge in [0.2, 0.25) is 0 Å². The largest absolute Gasteiger partial charge is 0.376 e. The molecule has 0 aromatic heterocycles. The van der Waals surface area contributed by atoms with Gasteiger partial charge in [0.1, 0.15) is 0 Å². The Morgan fingerprint density at radius 2 is 2.08 bits per heavy atom. The minimum atomic E-state index is 0. The van der Waals surface area contributed by atoms with Gasteiger partial charge in [-0.1, -0.05) is 0 Å². The zero-order chi connectivity index (χ0) is 17.0. The van der Waals surface area contributed by atoms with Gasteiger partial charge < -0.3 is 19.7 Å². The van der Waals surface area contributed by atoms with Crippen LogP contribution in [0.5, 0.6) is 0 Å². The highest BCUT2D eigenvalue weighted by Crippen LogP contribution is 2.18. The number of nitrogens with one attached hydrogen (secondary N) is 1. The molecule has 5 nitrogen and oxygen atoms in total. The molecule has 2 aliphatic heterocycles. The highest BCUT2D eigenvalue weighted by atomic mass is 127.